The van der Waals surface area contributed by atoms with Crippen molar-refractivity contribution in [3.8, 4) is 5.75 Å². The van der Waals surface area contributed by atoms with Crippen molar-refractivity contribution in [3.05, 3.63) is 77.4 Å². The Morgan fingerprint density at radius 1 is 1.00 bits per heavy atom. The molecule has 0 aliphatic carbocycles. The summed E-state index contributed by atoms with van der Waals surface area (Å²) in [5.41, 5.74) is 2.80. The van der Waals surface area contributed by atoms with Crippen molar-refractivity contribution < 1.29 is 14.3 Å². The van der Waals surface area contributed by atoms with Crippen LogP contribution in [-0.2, 0) is 9.59 Å². The molecule has 0 aliphatic heterocycles. The van der Waals surface area contributed by atoms with Crippen molar-refractivity contribution in [2.45, 2.75) is 13.8 Å². The number of nitrogens with one attached hydrogen (secondary N) is 1. The maximum absolute atomic E-state index is 12.3. The first kappa shape index (κ1) is 18.2. The van der Waals surface area contributed by atoms with Gasteiger partial charge in [-0.2, -0.15) is 0 Å². The van der Waals surface area contributed by atoms with Crippen molar-refractivity contribution >= 4 is 23.5 Å². The minimum atomic E-state index is -0.421. The number of amides is 1. The molecule has 0 aromatic heterocycles. The summed E-state index contributed by atoms with van der Waals surface area (Å²) < 4.78 is 5.11. The summed E-state index contributed by atoms with van der Waals surface area (Å²) in [6.45, 7) is 3.35. The van der Waals surface area contributed by atoms with Gasteiger partial charge in [-0.1, -0.05) is 42.0 Å². The first-order valence-electron chi connectivity index (χ1n) is 7.91. The van der Waals surface area contributed by atoms with Gasteiger partial charge in [0.05, 0.1) is 12.7 Å². The molecule has 1 N–H and O–H groups in total. The fourth-order valence-corrected chi connectivity index (χ4v) is 2.16. The molecule has 0 spiro atoms. The van der Waals surface area contributed by atoms with Crippen molar-refractivity contribution in [2.75, 3.05) is 12.4 Å². The van der Waals surface area contributed by atoms with E-state index in [2.05, 4.69) is 5.32 Å². The number of rotatable bonds is 6. The third kappa shape index (κ3) is 5.46. The molecule has 0 aliphatic rings. The van der Waals surface area contributed by atoms with E-state index in [9.17, 15) is 9.59 Å². The predicted octanol–water partition coefficient (Wildman–Crippen LogP) is 4.17. The zero-order valence-corrected chi connectivity index (χ0v) is 14.6. The number of anilines is 1. The average Bonchev–Trinajstić information content (AvgIpc) is 2.60. The number of ketones is 1. The molecule has 0 unspecified atom stereocenters. The summed E-state index contributed by atoms with van der Waals surface area (Å²) in [4.78, 5) is 24.1. The van der Waals surface area contributed by atoms with Crippen LogP contribution in [0.1, 0.15) is 18.1 Å². The van der Waals surface area contributed by atoms with Crippen molar-refractivity contribution in [1.29, 1.82) is 0 Å². The molecule has 2 aromatic rings. The predicted molar refractivity (Wildman–Crippen MR) is 101 cm³/mol. The van der Waals surface area contributed by atoms with Gasteiger partial charge in [0.15, 0.2) is 5.78 Å². The second-order valence-corrected chi connectivity index (χ2v) is 5.59. The van der Waals surface area contributed by atoms with Crippen molar-refractivity contribution in [2.24, 2.45) is 0 Å². The Kier molecular flexibility index (Phi) is 6.29. The Morgan fingerprint density at radius 2 is 1.64 bits per heavy atom. The lowest BCUT2D eigenvalue weighted by atomic mass is 10.1. The number of ether oxygens (including phenoxy) is 1. The second kappa shape index (κ2) is 8.64. The molecule has 4 nitrogen and oxygen atoms in total. The van der Waals surface area contributed by atoms with Gasteiger partial charge in [0, 0.05) is 5.69 Å². The molecule has 2 aromatic carbocycles. The lowest BCUT2D eigenvalue weighted by Gasteiger charge is -2.06. The number of methoxy groups -OCH3 is 1. The molecular formula is C21H21NO3. The number of hydrogen-bond donors (Lipinski definition) is 1. The van der Waals surface area contributed by atoms with Gasteiger partial charge in [-0.05, 0) is 49.8 Å². The number of allylic oxidation sites excluding steroid dienone is 2. The van der Waals surface area contributed by atoms with Crippen LogP contribution < -0.4 is 10.1 Å². The summed E-state index contributed by atoms with van der Waals surface area (Å²) >= 11 is 0. The van der Waals surface area contributed by atoms with E-state index in [1.54, 1.807) is 25.3 Å². The first-order chi connectivity index (χ1) is 12.0. The van der Waals surface area contributed by atoms with Gasteiger partial charge in [0.1, 0.15) is 5.75 Å². The minimum Gasteiger partial charge on any atom is -0.497 e. The molecule has 0 atom stereocenters. The van der Waals surface area contributed by atoms with E-state index < -0.39 is 5.91 Å². The molecule has 0 saturated carbocycles. The van der Waals surface area contributed by atoms with Crippen LogP contribution >= 0.6 is 0 Å². The molecule has 0 saturated heterocycles. The fraction of sp³-hybridized carbons (Fsp3) is 0.143. The Balaban J connectivity index is 2.11. The highest BCUT2D eigenvalue weighted by molar-refractivity contribution is 6.23. The number of hydrogen-bond acceptors (Lipinski definition) is 3. The molecule has 0 fully saturated rings. The number of carbonyl (C=O) groups is 2. The van der Waals surface area contributed by atoms with Crippen LogP contribution in [0.15, 0.2) is 66.3 Å². The SMILES string of the molecule is COc1ccc(/C=C/C=C(\C(C)=O)C(=O)Nc2ccc(C)cc2)cc1. The van der Waals surface area contributed by atoms with E-state index >= 15 is 0 Å². The Morgan fingerprint density at radius 3 is 2.20 bits per heavy atom. The van der Waals surface area contributed by atoms with Crippen LogP contribution in [0.5, 0.6) is 5.75 Å². The summed E-state index contributed by atoms with van der Waals surface area (Å²) in [5, 5.41) is 2.74. The average molecular weight is 335 g/mol. The highest BCUT2D eigenvalue weighted by Crippen LogP contribution is 2.13. The second-order valence-electron chi connectivity index (χ2n) is 5.59. The molecule has 128 valence electrons. The van der Waals surface area contributed by atoms with Crippen LogP contribution in [-0.4, -0.2) is 18.8 Å². The highest BCUT2D eigenvalue weighted by atomic mass is 16.5. The number of benzene rings is 2. The highest BCUT2D eigenvalue weighted by Gasteiger charge is 2.13. The van der Waals surface area contributed by atoms with Crippen LogP contribution in [0.4, 0.5) is 5.69 Å². The van der Waals surface area contributed by atoms with Crippen molar-refractivity contribution in [3.63, 3.8) is 0 Å². The van der Waals surface area contributed by atoms with Gasteiger partial charge in [-0.15, -0.1) is 0 Å². The summed E-state index contributed by atoms with van der Waals surface area (Å²) in [5.74, 6) is 0.0642. The maximum atomic E-state index is 12.3. The van der Waals surface area contributed by atoms with E-state index in [1.165, 1.54) is 13.0 Å². The summed E-state index contributed by atoms with van der Waals surface area (Å²) in [7, 11) is 1.61. The first-order valence-corrected chi connectivity index (χ1v) is 7.91. The van der Waals surface area contributed by atoms with Crippen LogP contribution in [0.2, 0.25) is 0 Å². The summed E-state index contributed by atoms with van der Waals surface area (Å²) in [6.07, 6.45) is 5.03. The third-order valence-electron chi connectivity index (χ3n) is 3.60. The largest absolute Gasteiger partial charge is 0.497 e. The molecule has 0 heterocycles. The standard InChI is InChI=1S/C21H21NO3/c1-15-7-11-18(12-8-15)22-21(24)20(16(2)23)6-4-5-17-9-13-19(25-3)14-10-17/h4-14H,1-3H3,(H,22,24)/b5-4+,20-6+. The number of aryl methyl sites for hydroxylation is 1. The molecule has 1 amide bonds. The molecular weight excluding hydrogens is 314 g/mol. The zero-order chi connectivity index (χ0) is 18.2. The van der Waals surface area contributed by atoms with E-state index in [-0.39, 0.29) is 11.4 Å². The minimum absolute atomic E-state index is 0.102. The Hall–Kier alpha value is -3.14. The lowest BCUT2D eigenvalue weighted by Crippen LogP contribution is -2.18. The third-order valence-corrected chi connectivity index (χ3v) is 3.60. The normalized spacial score (nSPS) is 11.4. The number of Topliss-reactive ketones (excluding diaryl/α,β-unsaturated/α-hetero) is 1. The lowest BCUT2D eigenvalue weighted by molar-refractivity contribution is -0.118. The van der Waals surface area contributed by atoms with E-state index in [0.29, 0.717) is 5.69 Å². The molecule has 0 radical (unpaired) electrons. The topological polar surface area (TPSA) is 55.4 Å². The van der Waals surface area contributed by atoms with Gasteiger partial charge in [0.25, 0.3) is 5.91 Å². The van der Waals surface area contributed by atoms with Crippen LogP contribution in [0.25, 0.3) is 6.08 Å². The van der Waals surface area contributed by atoms with Gasteiger partial charge < -0.3 is 10.1 Å². The quantitative estimate of drug-likeness (QED) is 0.373. The zero-order valence-electron chi connectivity index (χ0n) is 14.6. The van der Waals surface area contributed by atoms with Gasteiger partial charge in [-0.3, -0.25) is 9.59 Å². The Bertz CT molecular complexity index is 800. The van der Waals surface area contributed by atoms with Gasteiger partial charge in [0.2, 0.25) is 0 Å². The number of carbonyl (C=O) groups excluding carboxylic acids is 2. The monoisotopic (exact) mass is 335 g/mol. The van der Waals surface area contributed by atoms with E-state index in [4.69, 9.17) is 4.74 Å². The molecule has 2 rings (SSSR count). The smallest absolute Gasteiger partial charge is 0.259 e. The molecule has 4 heteroatoms. The molecule has 25 heavy (non-hydrogen) atoms. The van der Waals surface area contributed by atoms with Gasteiger partial charge in [-0.25, -0.2) is 0 Å². The Labute approximate surface area is 147 Å². The maximum Gasteiger partial charge on any atom is 0.259 e. The van der Waals surface area contributed by atoms with E-state index in [1.807, 2.05) is 49.4 Å². The van der Waals surface area contributed by atoms with Gasteiger partial charge >= 0.3 is 0 Å². The van der Waals surface area contributed by atoms with Crippen LogP contribution in [0.3, 0.4) is 0 Å². The molecule has 0 bridgehead atoms. The fourth-order valence-electron chi connectivity index (χ4n) is 2.16. The summed E-state index contributed by atoms with van der Waals surface area (Å²) in [6, 6.07) is 14.9. The van der Waals surface area contributed by atoms with Crippen molar-refractivity contribution in [1.82, 2.24) is 0 Å². The van der Waals surface area contributed by atoms with Crippen LogP contribution in [0, 0.1) is 6.92 Å². The van der Waals surface area contributed by atoms with E-state index in [0.717, 1.165) is 16.9 Å².